The average Bonchev–Trinajstić information content (AvgIpc) is 2.61. The summed E-state index contributed by atoms with van der Waals surface area (Å²) in [5.74, 6) is 0.938. The number of aliphatic imine (C=N–C) groups is 1. The van der Waals surface area contributed by atoms with Crippen molar-refractivity contribution in [2.75, 3.05) is 33.7 Å². The number of nitrogens with zero attached hydrogens (tertiary/aromatic N) is 3. The van der Waals surface area contributed by atoms with Crippen molar-refractivity contribution >= 4 is 29.9 Å². The molecule has 1 fully saturated rings. The maximum Gasteiger partial charge on any atom is 0.191 e. The lowest BCUT2D eigenvalue weighted by atomic mass is 10.0. The van der Waals surface area contributed by atoms with Crippen LogP contribution in [0.4, 0.5) is 0 Å². The van der Waals surface area contributed by atoms with Crippen molar-refractivity contribution < 1.29 is 0 Å². The van der Waals surface area contributed by atoms with Gasteiger partial charge >= 0.3 is 0 Å². The summed E-state index contributed by atoms with van der Waals surface area (Å²) in [5, 5.41) is 7.02. The Balaban J connectivity index is 0.00000364. The highest BCUT2D eigenvalue weighted by Crippen LogP contribution is 2.13. The Morgan fingerprint density at radius 1 is 1.15 bits per heavy atom. The minimum Gasteiger partial charge on any atom is -0.357 e. The molecule has 6 heteroatoms. The van der Waals surface area contributed by atoms with Crippen LogP contribution in [-0.2, 0) is 13.1 Å². The Hall–Kier alpha value is -0.860. The van der Waals surface area contributed by atoms with Gasteiger partial charge in [0.2, 0.25) is 0 Å². The zero-order valence-electron chi connectivity index (χ0n) is 17.7. The maximum atomic E-state index is 4.79. The van der Waals surface area contributed by atoms with Gasteiger partial charge in [0, 0.05) is 38.3 Å². The Kier molecular flexibility index (Phi) is 11.3. The molecule has 2 N–H and O–H groups in total. The summed E-state index contributed by atoms with van der Waals surface area (Å²) in [5.41, 5.74) is 2.59. The lowest BCUT2D eigenvalue weighted by Gasteiger charge is -2.35. The van der Waals surface area contributed by atoms with E-state index in [1.165, 1.54) is 37.1 Å². The van der Waals surface area contributed by atoms with Crippen molar-refractivity contribution in [2.24, 2.45) is 4.99 Å². The van der Waals surface area contributed by atoms with E-state index in [1.807, 2.05) is 0 Å². The Morgan fingerprint density at radius 3 is 2.26 bits per heavy atom. The van der Waals surface area contributed by atoms with Gasteiger partial charge in [-0.25, -0.2) is 4.99 Å². The minimum absolute atomic E-state index is 0. The van der Waals surface area contributed by atoms with Crippen molar-refractivity contribution in [1.82, 2.24) is 20.4 Å². The molecule has 0 unspecified atom stereocenters. The van der Waals surface area contributed by atoms with Gasteiger partial charge in [-0.05, 0) is 58.8 Å². The van der Waals surface area contributed by atoms with Gasteiger partial charge < -0.3 is 20.4 Å². The monoisotopic (exact) mass is 487 g/mol. The number of likely N-dealkylation sites (tertiary alicyclic amines) is 1. The van der Waals surface area contributed by atoms with Crippen LogP contribution in [0.15, 0.2) is 29.3 Å². The molecule has 0 amide bonds. The third kappa shape index (κ3) is 8.79. The molecule has 0 saturated carbocycles. The summed E-state index contributed by atoms with van der Waals surface area (Å²) < 4.78 is 0. The lowest BCUT2D eigenvalue weighted by molar-refractivity contribution is 0.167. The van der Waals surface area contributed by atoms with Gasteiger partial charge in [0.05, 0.1) is 6.54 Å². The molecule has 27 heavy (non-hydrogen) atoms. The Bertz CT molecular complexity index is 548. The third-order valence-corrected chi connectivity index (χ3v) is 4.89. The molecule has 1 saturated heterocycles. The fourth-order valence-corrected chi connectivity index (χ4v) is 3.36. The van der Waals surface area contributed by atoms with E-state index in [0.29, 0.717) is 18.6 Å². The number of piperidine rings is 1. The van der Waals surface area contributed by atoms with Gasteiger partial charge in [0.25, 0.3) is 0 Å². The molecular weight excluding hydrogens is 449 g/mol. The summed E-state index contributed by atoms with van der Waals surface area (Å²) >= 11 is 0. The van der Waals surface area contributed by atoms with Gasteiger partial charge in [-0.1, -0.05) is 24.3 Å². The van der Waals surface area contributed by atoms with Crippen LogP contribution in [0.3, 0.4) is 0 Å². The first-order valence-corrected chi connectivity index (χ1v) is 9.99. The smallest absolute Gasteiger partial charge is 0.191 e. The van der Waals surface area contributed by atoms with Crippen LogP contribution in [0.2, 0.25) is 0 Å². The summed E-state index contributed by atoms with van der Waals surface area (Å²) in [6.45, 7) is 11.6. The second-order valence-corrected chi connectivity index (χ2v) is 7.80. The highest BCUT2D eigenvalue weighted by atomic mass is 127. The van der Waals surface area contributed by atoms with Crippen molar-refractivity contribution in [2.45, 2.75) is 58.8 Å². The molecule has 0 aromatic heterocycles. The standard InChI is InChI=1S/C21H37N5.HI/c1-6-22-21(24-20-11-13-26(14-12-20)17(2)3)23-15-18-7-9-19(10-8-18)16-25(4)5;/h7-10,17,20H,6,11-16H2,1-5H3,(H2,22,23,24);1H. The van der Waals surface area contributed by atoms with E-state index in [-0.39, 0.29) is 24.0 Å². The largest absolute Gasteiger partial charge is 0.357 e. The molecule has 0 atom stereocenters. The molecule has 1 aromatic rings. The molecule has 1 aliphatic rings. The van der Waals surface area contributed by atoms with Gasteiger partial charge in [-0.2, -0.15) is 0 Å². The molecular formula is C21H38IN5. The van der Waals surface area contributed by atoms with Crippen LogP contribution in [0.5, 0.6) is 0 Å². The highest BCUT2D eigenvalue weighted by molar-refractivity contribution is 14.0. The molecule has 154 valence electrons. The molecule has 0 radical (unpaired) electrons. The first kappa shape index (κ1) is 24.2. The van der Waals surface area contributed by atoms with Crippen molar-refractivity contribution in [1.29, 1.82) is 0 Å². The van der Waals surface area contributed by atoms with Crippen LogP contribution < -0.4 is 10.6 Å². The van der Waals surface area contributed by atoms with Gasteiger partial charge in [0.15, 0.2) is 5.96 Å². The normalized spacial score (nSPS) is 16.5. The zero-order valence-corrected chi connectivity index (χ0v) is 20.0. The Morgan fingerprint density at radius 2 is 1.74 bits per heavy atom. The number of guanidine groups is 1. The van der Waals surface area contributed by atoms with Crippen molar-refractivity contribution in [3.8, 4) is 0 Å². The summed E-state index contributed by atoms with van der Waals surface area (Å²) in [6.07, 6.45) is 2.36. The summed E-state index contributed by atoms with van der Waals surface area (Å²) in [7, 11) is 4.19. The summed E-state index contributed by atoms with van der Waals surface area (Å²) in [4.78, 5) is 9.53. The van der Waals surface area contributed by atoms with E-state index >= 15 is 0 Å². The molecule has 1 aliphatic heterocycles. The Labute approximate surface area is 183 Å². The maximum absolute atomic E-state index is 4.79. The molecule has 0 bridgehead atoms. The fourth-order valence-electron chi connectivity index (χ4n) is 3.36. The van der Waals surface area contributed by atoms with E-state index in [2.05, 4.69) is 79.6 Å². The molecule has 0 spiro atoms. The topological polar surface area (TPSA) is 42.9 Å². The molecule has 0 aliphatic carbocycles. The molecule has 5 nitrogen and oxygen atoms in total. The minimum atomic E-state index is 0. The SMILES string of the molecule is CCNC(=NCc1ccc(CN(C)C)cc1)NC1CCN(C(C)C)CC1.I. The molecule has 1 heterocycles. The van der Waals surface area contributed by atoms with E-state index < -0.39 is 0 Å². The van der Waals surface area contributed by atoms with Gasteiger partial charge in [0.1, 0.15) is 0 Å². The number of rotatable bonds is 7. The van der Waals surface area contributed by atoms with Crippen LogP contribution in [0.25, 0.3) is 0 Å². The van der Waals surface area contributed by atoms with Crippen LogP contribution in [-0.4, -0.2) is 61.6 Å². The van der Waals surface area contributed by atoms with Crippen molar-refractivity contribution in [3.05, 3.63) is 35.4 Å². The van der Waals surface area contributed by atoms with Gasteiger partial charge in [-0.3, -0.25) is 0 Å². The average molecular weight is 487 g/mol. The number of hydrogen-bond acceptors (Lipinski definition) is 3. The van der Waals surface area contributed by atoms with Crippen LogP contribution in [0.1, 0.15) is 44.7 Å². The number of halogens is 1. The lowest BCUT2D eigenvalue weighted by Crippen LogP contribution is -2.49. The van der Waals surface area contributed by atoms with E-state index in [9.17, 15) is 0 Å². The number of benzene rings is 1. The highest BCUT2D eigenvalue weighted by Gasteiger charge is 2.21. The van der Waals surface area contributed by atoms with Crippen LogP contribution in [0, 0.1) is 0 Å². The molecule has 2 rings (SSSR count). The number of nitrogens with one attached hydrogen (secondary N) is 2. The quantitative estimate of drug-likeness (QED) is 0.352. The fraction of sp³-hybridized carbons (Fsp3) is 0.667. The summed E-state index contributed by atoms with van der Waals surface area (Å²) in [6, 6.07) is 9.94. The van der Waals surface area contributed by atoms with E-state index in [1.54, 1.807) is 0 Å². The van der Waals surface area contributed by atoms with Crippen LogP contribution >= 0.6 is 24.0 Å². The van der Waals surface area contributed by atoms with E-state index in [4.69, 9.17) is 4.99 Å². The molecule has 1 aromatic carbocycles. The third-order valence-electron chi connectivity index (χ3n) is 4.89. The van der Waals surface area contributed by atoms with Crippen molar-refractivity contribution in [3.63, 3.8) is 0 Å². The van der Waals surface area contributed by atoms with E-state index in [0.717, 1.165) is 19.0 Å². The van der Waals surface area contributed by atoms with Gasteiger partial charge in [-0.15, -0.1) is 24.0 Å². The predicted octanol–water partition coefficient (Wildman–Crippen LogP) is 3.29. The second-order valence-electron chi connectivity index (χ2n) is 7.80. The zero-order chi connectivity index (χ0) is 18.9. The predicted molar refractivity (Wildman–Crippen MR) is 127 cm³/mol. The first-order valence-electron chi connectivity index (χ1n) is 9.99. The second kappa shape index (κ2) is 12.6. The first-order chi connectivity index (χ1) is 12.5. The number of hydrogen-bond donors (Lipinski definition) is 2.